The lowest BCUT2D eigenvalue weighted by Gasteiger charge is -2.19. The third kappa shape index (κ3) is 10.9. The van der Waals surface area contributed by atoms with Gasteiger partial charge in [0.15, 0.2) is 0 Å². The Bertz CT molecular complexity index is 3880. The van der Waals surface area contributed by atoms with E-state index in [2.05, 4.69) is 20.6 Å². The second-order valence-corrected chi connectivity index (χ2v) is 19.3. The van der Waals surface area contributed by atoms with Crippen LogP contribution in [0, 0.1) is 13.8 Å². The van der Waals surface area contributed by atoms with Crippen molar-refractivity contribution < 1.29 is 28.7 Å². The number of fused-ring (bicyclic) bond motifs is 3. The lowest BCUT2D eigenvalue weighted by atomic mass is 9.92. The number of benzene rings is 5. The summed E-state index contributed by atoms with van der Waals surface area (Å²) in [4.78, 5) is 87.1. The number of para-hydroxylation sites is 1. The van der Waals surface area contributed by atoms with E-state index >= 15 is 0 Å². The molecule has 2 amide bonds. The van der Waals surface area contributed by atoms with Gasteiger partial charge >= 0.3 is 11.9 Å². The number of aryl methyl sites for hydroxylation is 3. The van der Waals surface area contributed by atoms with Crippen LogP contribution < -0.4 is 21.8 Å². The average molecular weight is 1100 g/mol. The number of carbonyl (C=O) groups is 4. The quantitative estimate of drug-likeness (QED) is 0.112. The highest BCUT2D eigenvalue weighted by Crippen LogP contribution is 2.34. The first-order valence-electron chi connectivity index (χ1n) is 23.6. The van der Waals surface area contributed by atoms with Crippen LogP contribution in [0.4, 0.5) is 0 Å². The van der Waals surface area contributed by atoms with Gasteiger partial charge in [-0.15, -0.1) is 0 Å². The van der Waals surface area contributed by atoms with Crippen molar-refractivity contribution in [2.24, 2.45) is 14.1 Å². The summed E-state index contributed by atoms with van der Waals surface area (Å²) in [5, 5.41) is 8.53. The predicted octanol–water partition coefficient (Wildman–Crippen LogP) is 10.6. The van der Waals surface area contributed by atoms with Gasteiger partial charge in [0.1, 0.15) is 12.1 Å². The monoisotopic (exact) mass is 1100 g/mol. The van der Waals surface area contributed by atoms with E-state index in [1.165, 1.54) is 14.2 Å². The number of nitrogens with zero attached hydrogens (tertiary/aromatic N) is 4. The summed E-state index contributed by atoms with van der Waals surface area (Å²) in [5.41, 5.74) is 7.64. The van der Waals surface area contributed by atoms with E-state index in [1.54, 1.807) is 96.3 Å². The highest BCUT2D eigenvalue weighted by atomic mass is 35.5. The van der Waals surface area contributed by atoms with Gasteiger partial charge in [-0.25, -0.2) is 9.59 Å². The second kappa shape index (κ2) is 23.3. The number of ether oxygens (including phenoxy) is 2. The molecule has 18 heteroatoms. The summed E-state index contributed by atoms with van der Waals surface area (Å²) < 4.78 is 13.2. The van der Waals surface area contributed by atoms with Crippen molar-refractivity contribution >= 4 is 103 Å². The molecule has 2 atom stereocenters. The summed E-state index contributed by atoms with van der Waals surface area (Å²) in [5.74, 6) is -2.47. The Hall–Kier alpha value is -7.88. The molecule has 14 nitrogen and oxygen atoms in total. The van der Waals surface area contributed by atoms with E-state index in [1.807, 2.05) is 74.5 Å². The van der Waals surface area contributed by atoms with Crippen LogP contribution >= 0.6 is 46.4 Å². The number of aromatic nitrogens is 4. The Morgan fingerprint density at radius 2 is 0.974 bits per heavy atom. The normalized spacial score (nSPS) is 11.9. The minimum Gasteiger partial charge on any atom is -0.467 e. The van der Waals surface area contributed by atoms with Crippen molar-refractivity contribution in [1.82, 2.24) is 29.7 Å². The first kappa shape index (κ1) is 54.4. The third-order valence-electron chi connectivity index (χ3n) is 13.2. The molecule has 0 unspecified atom stereocenters. The number of halogens is 4. The van der Waals surface area contributed by atoms with Crippen molar-refractivity contribution in [3.63, 3.8) is 0 Å². The molecule has 0 saturated heterocycles. The zero-order valence-electron chi connectivity index (χ0n) is 41.8. The van der Waals surface area contributed by atoms with Crippen molar-refractivity contribution in [3.8, 4) is 22.3 Å². The van der Waals surface area contributed by atoms with Crippen LogP contribution in [0.3, 0.4) is 0 Å². The van der Waals surface area contributed by atoms with Crippen molar-refractivity contribution in [1.29, 1.82) is 0 Å². The number of nitrogens with one attached hydrogen (secondary N) is 2. The van der Waals surface area contributed by atoms with E-state index in [4.69, 9.17) is 55.9 Å². The summed E-state index contributed by atoms with van der Waals surface area (Å²) in [6.45, 7) is 3.81. The molecular formula is C58H48Cl4N6O8. The molecule has 4 heterocycles. The predicted molar refractivity (Wildman–Crippen MR) is 299 cm³/mol. The average Bonchev–Trinajstić information content (AvgIpc) is 3.44. The van der Waals surface area contributed by atoms with Crippen LogP contribution in [-0.2, 0) is 46.0 Å². The molecule has 9 rings (SSSR count). The molecular weight excluding hydrogens is 1050 g/mol. The maximum absolute atomic E-state index is 13.6. The van der Waals surface area contributed by atoms with Gasteiger partial charge in [0.25, 0.3) is 22.9 Å². The van der Waals surface area contributed by atoms with E-state index < -0.39 is 35.8 Å². The van der Waals surface area contributed by atoms with Crippen LogP contribution in [0.15, 0.2) is 143 Å². The molecule has 5 aromatic carbocycles. The van der Waals surface area contributed by atoms with E-state index in [0.29, 0.717) is 33.3 Å². The fourth-order valence-electron chi connectivity index (χ4n) is 9.15. The smallest absolute Gasteiger partial charge is 0.328 e. The molecule has 0 fully saturated rings. The minimum atomic E-state index is -1.05. The second-order valence-electron chi connectivity index (χ2n) is 17.7. The Morgan fingerprint density at radius 1 is 0.526 bits per heavy atom. The Balaban J connectivity index is 0.000000203. The molecule has 0 aliphatic carbocycles. The summed E-state index contributed by atoms with van der Waals surface area (Å²) >= 11 is 24.8. The molecule has 76 heavy (non-hydrogen) atoms. The first-order valence-corrected chi connectivity index (χ1v) is 25.1. The minimum absolute atomic E-state index is 0.0701. The van der Waals surface area contributed by atoms with Crippen LogP contribution in [0.5, 0.6) is 0 Å². The highest BCUT2D eigenvalue weighted by molar-refractivity contribution is 6.40. The summed E-state index contributed by atoms with van der Waals surface area (Å²) in [7, 11) is 5.99. The number of pyridine rings is 4. The molecule has 0 spiro atoms. The number of carbonyl (C=O) groups excluding carboxylic acids is 4. The molecule has 386 valence electrons. The molecule has 2 N–H and O–H groups in total. The van der Waals surface area contributed by atoms with Crippen LogP contribution in [0.1, 0.15) is 43.1 Å². The zero-order chi connectivity index (χ0) is 54.5. The van der Waals surface area contributed by atoms with Gasteiger partial charge in [-0.05, 0) is 96.3 Å². The molecule has 9 aromatic rings. The number of methoxy groups -OCH3 is 2. The van der Waals surface area contributed by atoms with Crippen molar-refractivity contribution in [3.05, 3.63) is 208 Å². The fraction of sp³-hybridized carbons (Fsp3) is 0.172. The maximum Gasteiger partial charge on any atom is 0.328 e. The van der Waals surface area contributed by atoms with Crippen LogP contribution in [-0.4, -0.2) is 69.2 Å². The first-order chi connectivity index (χ1) is 36.4. The van der Waals surface area contributed by atoms with Crippen LogP contribution in [0.25, 0.3) is 55.0 Å². The van der Waals surface area contributed by atoms with Gasteiger partial charge in [-0.3, -0.25) is 29.1 Å². The molecule has 0 radical (unpaired) electrons. The van der Waals surface area contributed by atoms with Crippen LogP contribution in [0.2, 0.25) is 20.1 Å². The zero-order valence-corrected chi connectivity index (χ0v) is 44.9. The number of hydrogen-bond acceptors (Lipinski definition) is 10. The Labute approximate surface area is 456 Å². The Morgan fingerprint density at radius 3 is 1.47 bits per heavy atom. The van der Waals surface area contributed by atoms with Gasteiger partial charge in [0, 0.05) is 66.7 Å². The summed E-state index contributed by atoms with van der Waals surface area (Å²) in [6.07, 6.45) is 3.47. The standard InChI is InChI=1S/C31H25Cl2N3O4.C27H23Cl2N3O4/c1-17-19-8-4-5-12-25(19)36(2)30(38)26(17)20-14-13-18(28-21(20)9-7-15-34-28)16-24(31(39)40-3)35-29(37)27-22(32)10-6-11-23(27)33;1-15-9-11-19(26(34)32(15)2)17-12-10-16(24-18(17)6-5-13-30-24)14-22(27(35)36-3)31-25(33)23-20(28)7-4-8-21(23)29/h4-15,24H,16H2,1-3H3,(H,35,37);4-13,22H,14H2,1-3H3,(H,31,33)/t24-;22-/m00/s1. The summed E-state index contributed by atoms with van der Waals surface area (Å²) in [6, 6.07) is 33.5. The SMILES string of the molecule is COC(=O)[C@H](Cc1ccc(-c2c(C)c3ccccc3n(C)c2=O)c2cccnc12)NC(=O)c1c(Cl)cccc1Cl.COC(=O)[C@H](Cc1ccc(-c2ccc(C)n(C)c2=O)c2cccnc12)NC(=O)c1c(Cl)cccc1Cl. The fourth-order valence-corrected chi connectivity index (χ4v) is 10.3. The van der Waals surface area contributed by atoms with Crippen molar-refractivity contribution in [2.45, 2.75) is 38.8 Å². The lowest BCUT2D eigenvalue weighted by Crippen LogP contribution is -2.43. The van der Waals surface area contributed by atoms with E-state index in [-0.39, 0.29) is 55.2 Å². The van der Waals surface area contributed by atoms with Gasteiger partial charge in [-0.1, -0.05) is 113 Å². The third-order valence-corrected chi connectivity index (χ3v) is 14.5. The largest absolute Gasteiger partial charge is 0.467 e. The topological polar surface area (TPSA) is 181 Å². The van der Waals surface area contributed by atoms with Gasteiger partial charge in [-0.2, -0.15) is 0 Å². The van der Waals surface area contributed by atoms with Gasteiger partial charge < -0.3 is 29.2 Å². The van der Waals surface area contributed by atoms with Gasteiger partial charge in [0.2, 0.25) is 0 Å². The number of hydrogen-bond donors (Lipinski definition) is 2. The maximum atomic E-state index is 13.6. The lowest BCUT2D eigenvalue weighted by molar-refractivity contribution is -0.143. The highest BCUT2D eigenvalue weighted by Gasteiger charge is 2.29. The number of amides is 2. The molecule has 0 aliphatic heterocycles. The molecule has 0 bridgehead atoms. The molecule has 4 aromatic heterocycles. The molecule has 0 saturated carbocycles. The number of esters is 2. The Kier molecular flexibility index (Phi) is 16.7. The van der Waals surface area contributed by atoms with E-state index in [0.717, 1.165) is 44.1 Å². The molecule has 0 aliphatic rings. The number of rotatable bonds is 12. The van der Waals surface area contributed by atoms with Gasteiger partial charge in [0.05, 0.1) is 67.6 Å². The van der Waals surface area contributed by atoms with E-state index in [9.17, 15) is 28.8 Å². The van der Waals surface area contributed by atoms with Crippen molar-refractivity contribution in [2.75, 3.05) is 14.2 Å².